The highest BCUT2D eigenvalue weighted by molar-refractivity contribution is 14.0. The number of nitrogens with one attached hydrogen (secondary N) is 1. The van der Waals surface area contributed by atoms with Gasteiger partial charge in [-0.15, -0.1) is 24.0 Å². The minimum atomic E-state index is -0.0244. The Morgan fingerprint density at radius 1 is 1.58 bits per heavy atom. The summed E-state index contributed by atoms with van der Waals surface area (Å²) in [4.78, 5) is 8.40. The van der Waals surface area contributed by atoms with Crippen LogP contribution < -0.4 is 11.1 Å². The van der Waals surface area contributed by atoms with Crippen molar-refractivity contribution in [1.82, 2.24) is 4.98 Å². The first-order valence-corrected chi connectivity index (χ1v) is 6.21. The molecule has 1 unspecified atom stereocenters. The summed E-state index contributed by atoms with van der Waals surface area (Å²) in [5.41, 5.74) is 5.77. The molecule has 6 heteroatoms. The number of nitrogens with two attached hydrogens (primary N) is 1. The third kappa shape index (κ3) is 5.32. The van der Waals surface area contributed by atoms with Gasteiger partial charge >= 0.3 is 0 Å². The van der Waals surface area contributed by atoms with E-state index in [1.54, 1.807) is 6.20 Å². The summed E-state index contributed by atoms with van der Waals surface area (Å²) in [6.45, 7) is 4.80. The van der Waals surface area contributed by atoms with Gasteiger partial charge in [0.1, 0.15) is 5.82 Å². The van der Waals surface area contributed by atoms with Crippen molar-refractivity contribution in [2.75, 3.05) is 11.9 Å². The van der Waals surface area contributed by atoms with Gasteiger partial charge in [-0.1, -0.05) is 6.07 Å². The van der Waals surface area contributed by atoms with E-state index in [0.29, 0.717) is 18.3 Å². The smallest absolute Gasteiger partial charge is 0.194 e. The first kappa shape index (κ1) is 16.2. The number of anilines is 1. The molecule has 1 aliphatic heterocycles. The van der Waals surface area contributed by atoms with E-state index >= 15 is 0 Å². The molecule has 1 aliphatic rings. The Balaban J connectivity index is 0.00000180. The highest BCUT2D eigenvalue weighted by atomic mass is 127. The summed E-state index contributed by atoms with van der Waals surface area (Å²) in [5.74, 6) is 1.08. The molecule has 2 heterocycles. The van der Waals surface area contributed by atoms with Crippen LogP contribution in [0.3, 0.4) is 0 Å². The second-order valence-electron chi connectivity index (χ2n) is 5.10. The van der Waals surface area contributed by atoms with Crippen LogP contribution in [-0.4, -0.2) is 29.2 Å². The van der Waals surface area contributed by atoms with Gasteiger partial charge in [0, 0.05) is 6.20 Å². The van der Waals surface area contributed by atoms with Crippen molar-refractivity contribution < 1.29 is 4.74 Å². The maximum atomic E-state index is 5.84. The van der Waals surface area contributed by atoms with E-state index in [1.165, 1.54) is 0 Å². The Labute approximate surface area is 131 Å². The molecule has 3 N–H and O–H groups in total. The molecule has 106 valence electrons. The second kappa shape index (κ2) is 7.04. The van der Waals surface area contributed by atoms with Crippen LogP contribution in [0, 0.1) is 0 Å². The lowest BCUT2D eigenvalue weighted by atomic mass is 10.1. The van der Waals surface area contributed by atoms with Gasteiger partial charge < -0.3 is 15.8 Å². The highest BCUT2D eigenvalue weighted by Gasteiger charge is 2.31. The lowest BCUT2D eigenvalue weighted by molar-refractivity contribution is -0.0106. The van der Waals surface area contributed by atoms with Crippen molar-refractivity contribution in [2.24, 2.45) is 10.7 Å². The molecule has 0 amide bonds. The monoisotopic (exact) mass is 376 g/mol. The number of nitrogens with zero attached hydrogens (tertiary/aromatic N) is 2. The van der Waals surface area contributed by atoms with Gasteiger partial charge in [-0.05, 0) is 38.8 Å². The quantitative estimate of drug-likeness (QED) is 0.483. The van der Waals surface area contributed by atoms with Gasteiger partial charge in [0.2, 0.25) is 0 Å². The molecular weight excluding hydrogens is 355 g/mol. The van der Waals surface area contributed by atoms with Crippen molar-refractivity contribution in [2.45, 2.75) is 38.4 Å². The number of hydrogen-bond donors (Lipinski definition) is 2. The molecule has 0 spiro atoms. The molecule has 19 heavy (non-hydrogen) atoms. The standard InChI is InChI=1S/C13H20N4O.HI/c1-13(2)7-6-10(18-13)9-16-12(14)17-11-5-3-4-8-15-11;/h3-5,8,10H,6-7,9H2,1-2H3,(H3,14,15,16,17);1H. The van der Waals surface area contributed by atoms with E-state index in [9.17, 15) is 0 Å². The van der Waals surface area contributed by atoms with Gasteiger partial charge in [0.05, 0.1) is 18.2 Å². The highest BCUT2D eigenvalue weighted by Crippen LogP contribution is 2.29. The lowest BCUT2D eigenvalue weighted by Crippen LogP contribution is -2.26. The van der Waals surface area contributed by atoms with E-state index in [0.717, 1.165) is 12.8 Å². The number of rotatable bonds is 3. The Morgan fingerprint density at radius 2 is 2.37 bits per heavy atom. The van der Waals surface area contributed by atoms with Crippen molar-refractivity contribution in [3.8, 4) is 0 Å². The molecule has 1 atom stereocenters. The first-order chi connectivity index (χ1) is 8.55. The molecule has 2 rings (SSSR count). The van der Waals surface area contributed by atoms with Crippen LogP contribution in [0.5, 0.6) is 0 Å². The van der Waals surface area contributed by atoms with Crippen molar-refractivity contribution in [1.29, 1.82) is 0 Å². The molecule has 5 nitrogen and oxygen atoms in total. The summed E-state index contributed by atoms with van der Waals surface area (Å²) in [5, 5.41) is 2.95. The third-order valence-corrected chi connectivity index (χ3v) is 2.94. The number of pyridine rings is 1. The van der Waals surface area contributed by atoms with Crippen molar-refractivity contribution in [3.05, 3.63) is 24.4 Å². The number of hydrogen-bond acceptors (Lipinski definition) is 3. The molecule has 0 aromatic carbocycles. The minimum Gasteiger partial charge on any atom is -0.370 e. The van der Waals surface area contributed by atoms with Gasteiger partial charge in [-0.25, -0.2) is 4.98 Å². The van der Waals surface area contributed by atoms with Gasteiger partial charge in [-0.2, -0.15) is 0 Å². The first-order valence-electron chi connectivity index (χ1n) is 6.21. The number of aliphatic imine (C=N–C) groups is 1. The van der Waals surface area contributed by atoms with Crippen LogP contribution in [0.4, 0.5) is 5.82 Å². The van der Waals surface area contributed by atoms with Gasteiger partial charge in [0.15, 0.2) is 5.96 Å². The molecule has 0 bridgehead atoms. The number of aromatic nitrogens is 1. The summed E-state index contributed by atoms with van der Waals surface area (Å²) in [6.07, 6.45) is 3.98. The summed E-state index contributed by atoms with van der Waals surface area (Å²) in [7, 11) is 0. The van der Waals surface area contributed by atoms with Crippen LogP contribution >= 0.6 is 24.0 Å². The van der Waals surface area contributed by atoms with Crippen LogP contribution in [-0.2, 0) is 4.74 Å². The average molecular weight is 376 g/mol. The van der Waals surface area contributed by atoms with Crippen LogP contribution in [0.15, 0.2) is 29.4 Å². The zero-order valence-electron chi connectivity index (χ0n) is 11.3. The normalized spacial score (nSPS) is 21.8. The molecule has 1 aromatic rings. The van der Waals surface area contributed by atoms with E-state index in [4.69, 9.17) is 10.5 Å². The predicted octanol–water partition coefficient (Wildman–Crippen LogP) is 2.38. The number of halogens is 1. The largest absolute Gasteiger partial charge is 0.370 e. The Morgan fingerprint density at radius 3 is 2.95 bits per heavy atom. The average Bonchev–Trinajstić information content (AvgIpc) is 2.68. The van der Waals surface area contributed by atoms with E-state index in [-0.39, 0.29) is 35.7 Å². The molecule has 1 fully saturated rings. The molecule has 0 radical (unpaired) electrons. The van der Waals surface area contributed by atoms with Crippen LogP contribution in [0.1, 0.15) is 26.7 Å². The topological polar surface area (TPSA) is 72.5 Å². The summed E-state index contributed by atoms with van der Waals surface area (Å²) >= 11 is 0. The number of ether oxygens (including phenoxy) is 1. The maximum absolute atomic E-state index is 5.84. The Bertz CT molecular complexity index is 422. The fourth-order valence-electron chi connectivity index (χ4n) is 2.01. The SMILES string of the molecule is CC1(C)CCC(CN=C(N)Nc2ccccn2)O1.I. The summed E-state index contributed by atoms with van der Waals surface area (Å²) < 4.78 is 5.84. The maximum Gasteiger partial charge on any atom is 0.194 e. The van der Waals surface area contributed by atoms with Crippen molar-refractivity contribution in [3.63, 3.8) is 0 Å². The van der Waals surface area contributed by atoms with Gasteiger partial charge in [-0.3, -0.25) is 4.99 Å². The van der Waals surface area contributed by atoms with E-state index in [1.807, 2.05) is 18.2 Å². The third-order valence-electron chi connectivity index (χ3n) is 2.94. The molecule has 0 aliphatic carbocycles. The summed E-state index contributed by atoms with van der Waals surface area (Å²) in [6, 6.07) is 5.59. The Kier molecular flexibility index (Phi) is 5.99. The zero-order valence-corrected chi connectivity index (χ0v) is 13.6. The second-order valence-corrected chi connectivity index (χ2v) is 5.10. The van der Waals surface area contributed by atoms with E-state index in [2.05, 4.69) is 29.1 Å². The lowest BCUT2D eigenvalue weighted by Gasteiger charge is -2.18. The minimum absolute atomic E-state index is 0. The predicted molar refractivity (Wildman–Crippen MR) is 88.0 cm³/mol. The fraction of sp³-hybridized carbons (Fsp3) is 0.538. The molecular formula is C13H21IN4O. The van der Waals surface area contributed by atoms with Crippen LogP contribution in [0.2, 0.25) is 0 Å². The zero-order chi connectivity index (χ0) is 13.0. The van der Waals surface area contributed by atoms with Gasteiger partial charge in [0.25, 0.3) is 0 Å². The van der Waals surface area contributed by atoms with Crippen molar-refractivity contribution >= 4 is 35.8 Å². The number of guanidine groups is 1. The molecule has 0 saturated carbocycles. The van der Waals surface area contributed by atoms with E-state index < -0.39 is 0 Å². The Hall–Kier alpha value is -0.890. The van der Waals surface area contributed by atoms with Crippen LogP contribution in [0.25, 0.3) is 0 Å². The molecule has 1 aromatic heterocycles. The fourth-order valence-corrected chi connectivity index (χ4v) is 2.01. The molecule has 1 saturated heterocycles.